The summed E-state index contributed by atoms with van der Waals surface area (Å²) in [5.41, 5.74) is 2.32. The number of rotatable bonds is 27. The van der Waals surface area contributed by atoms with Crippen LogP contribution in [0.1, 0.15) is 278 Å². The average Bonchev–Trinajstić information content (AvgIpc) is 0.875. The molecular formula is C84H124F6O5. The number of hydrogen-bond acceptors (Lipinski definition) is 5. The highest BCUT2D eigenvalue weighted by atomic mass is 19.2. The van der Waals surface area contributed by atoms with Crippen LogP contribution in [0.4, 0.5) is 26.3 Å². The van der Waals surface area contributed by atoms with Crippen LogP contribution >= 0.6 is 0 Å². The molecule has 10 rings (SSSR count). The first-order valence-corrected chi connectivity index (χ1v) is 38.5. The zero-order valence-corrected chi connectivity index (χ0v) is 59.9. The molecule has 11 heteroatoms. The SMILES string of the molecule is C=CC1CCC(C2CCC(CCC)CC2)CC1.CCCC1CCC(C2CCC(COc3ccc(OCC)c(F)c3F)CC2)CC1.CCCC1CCC(COc2ccc(OCC)c(F)c2F)CC1.CCCCOc1ccc(-c2ccc(C3CCC(CCC)CC3)cc2)c(F)c1F. The Hall–Kier alpha value is -4.80. The van der Waals surface area contributed by atoms with Gasteiger partial charge in [0, 0.05) is 5.56 Å². The normalized spacial score (nSPS) is 26.0. The molecule has 0 amide bonds. The third-order valence-electron chi connectivity index (χ3n) is 22.8. The third kappa shape index (κ3) is 24.3. The molecule has 0 atom stereocenters. The minimum Gasteiger partial charge on any atom is -0.491 e. The summed E-state index contributed by atoms with van der Waals surface area (Å²) in [5, 5.41) is 0. The highest BCUT2D eigenvalue weighted by Gasteiger charge is 2.33. The van der Waals surface area contributed by atoms with E-state index in [2.05, 4.69) is 52.5 Å². The van der Waals surface area contributed by atoms with Crippen LogP contribution in [0.2, 0.25) is 0 Å². The number of unbranched alkanes of at least 4 members (excludes halogenated alkanes) is 1. The van der Waals surface area contributed by atoms with Crippen LogP contribution in [0, 0.1) is 100 Å². The smallest absolute Gasteiger partial charge is 0.204 e. The van der Waals surface area contributed by atoms with Gasteiger partial charge in [0.1, 0.15) is 0 Å². The largest absolute Gasteiger partial charge is 0.491 e. The Morgan fingerprint density at radius 2 is 0.653 bits per heavy atom. The van der Waals surface area contributed by atoms with E-state index >= 15 is 0 Å². The maximum atomic E-state index is 14.6. The fourth-order valence-corrected chi connectivity index (χ4v) is 17.0. The van der Waals surface area contributed by atoms with Gasteiger partial charge in [-0.3, -0.25) is 0 Å². The molecule has 4 aromatic rings. The van der Waals surface area contributed by atoms with E-state index in [1.165, 1.54) is 216 Å². The minimum absolute atomic E-state index is 0.00248. The summed E-state index contributed by atoms with van der Waals surface area (Å²) in [7, 11) is 0. The lowest BCUT2D eigenvalue weighted by Crippen LogP contribution is -2.27. The molecule has 6 aliphatic rings. The van der Waals surface area contributed by atoms with E-state index in [4.69, 9.17) is 23.7 Å². The summed E-state index contributed by atoms with van der Waals surface area (Å²) in [6.07, 6.45) is 46.9. The topological polar surface area (TPSA) is 46.2 Å². The van der Waals surface area contributed by atoms with Gasteiger partial charge in [-0.15, -0.1) is 6.58 Å². The van der Waals surface area contributed by atoms with Crippen LogP contribution in [0.3, 0.4) is 0 Å². The van der Waals surface area contributed by atoms with Crippen molar-refractivity contribution in [3.63, 3.8) is 0 Å². The Bertz CT molecular complexity index is 2760. The Morgan fingerprint density at radius 1 is 0.337 bits per heavy atom. The minimum atomic E-state index is -0.967. The molecule has 0 spiro atoms. The van der Waals surface area contributed by atoms with Gasteiger partial charge in [-0.1, -0.05) is 161 Å². The molecule has 6 saturated carbocycles. The molecule has 0 heterocycles. The van der Waals surface area contributed by atoms with Crippen molar-refractivity contribution in [2.45, 2.75) is 273 Å². The van der Waals surface area contributed by atoms with Crippen LogP contribution in [-0.2, 0) is 0 Å². The number of ether oxygens (including phenoxy) is 5. The van der Waals surface area contributed by atoms with Crippen molar-refractivity contribution in [2.24, 2.45) is 65.1 Å². The highest BCUT2D eigenvalue weighted by Crippen LogP contribution is 2.45. The van der Waals surface area contributed by atoms with Crippen molar-refractivity contribution in [2.75, 3.05) is 33.0 Å². The van der Waals surface area contributed by atoms with Gasteiger partial charge in [0.05, 0.1) is 33.0 Å². The van der Waals surface area contributed by atoms with Crippen LogP contribution in [0.15, 0.2) is 73.3 Å². The quantitative estimate of drug-likeness (QED) is 0.0338. The molecule has 0 N–H and O–H groups in total. The van der Waals surface area contributed by atoms with Crippen molar-refractivity contribution in [3.8, 4) is 39.9 Å². The zero-order valence-electron chi connectivity index (χ0n) is 59.9. The Kier molecular flexibility index (Phi) is 34.5. The first kappa shape index (κ1) is 77.6. The van der Waals surface area contributed by atoms with Crippen molar-refractivity contribution >= 4 is 0 Å². The molecule has 4 aromatic carbocycles. The molecule has 0 saturated heterocycles. The van der Waals surface area contributed by atoms with Crippen molar-refractivity contribution in [1.29, 1.82) is 0 Å². The monoisotopic (exact) mass is 1330 g/mol. The van der Waals surface area contributed by atoms with E-state index in [9.17, 15) is 26.3 Å². The lowest BCUT2D eigenvalue weighted by atomic mass is 9.69. The lowest BCUT2D eigenvalue weighted by Gasteiger charge is -2.37. The number of benzene rings is 4. The van der Waals surface area contributed by atoms with E-state index in [-0.39, 0.29) is 28.7 Å². The summed E-state index contributed by atoms with van der Waals surface area (Å²) in [5.74, 6) is 4.31. The van der Waals surface area contributed by atoms with Crippen molar-refractivity contribution < 1.29 is 50.0 Å². The summed E-state index contributed by atoms with van der Waals surface area (Å²) in [6.45, 7) is 20.5. The first-order chi connectivity index (χ1) is 46.2. The molecule has 5 nitrogen and oxygen atoms in total. The van der Waals surface area contributed by atoms with E-state index in [1.54, 1.807) is 19.9 Å². The molecule has 0 aromatic heterocycles. The lowest BCUT2D eigenvalue weighted by molar-refractivity contribution is 0.120. The summed E-state index contributed by atoms with van der Waals surface area (Å²) < 4.78 is 111. The van der Waals surface area contributed by atoms with Crippen LogP contribution in [0.5, 0.6) is 28.7 Å². The standard InChI is InChI=1S/C25H32F2O.C24H36F2O2.C18H26F2O2.C17H30/c1-3-5-17-28-23-16-15-22(24(26)25(23)27)21-13-11-20(12-14-21)19-9-7-18(6-4-2)8-10-19;1-3-5-17-6-10-19(11-7-17)20-12-8-18(9-13-20)16-28-22-15-14-21(27-4-2)23(25)24(22)26;1-3-5-13-6-8-14(9-7-13)12-22-16-11-10-15(21-4-2)17(19)18(16)20;1-3-5-15-8-12-17(13-9-15)16-10-6-14(4-2)7-11-16/h11-16,18-19H,3-10,17H2,1-2H3;14-15,17-20H,3-13,16H2,1-2H3;10-11,13-14H,3-9,12H2,1-2H3;4,14-17H,2-3,5-13H2,1H3. The molecule has 0 aliphatic heterocycles. The first-order valence-electron chi connectivity index (χ1n) is 38.5. The molecule has 6 fully saturated rings. The molecular weight excluding hydrogens is 1200 g/mol. The van der Waals surface area contributed by atoms with Crippen molar-refractivity contribution in [3.05, 3.63) is 114 Å². The van der Waals surface area contributed by atoms with Gasteiger partial charge in [0.25, 0.3) is 0 Å². The maximum absolute atomic E-state index is 14.6. The second-order valence-corrected chi connectivity index (χ2v) is 29.4. The van der Waals surface area contributed by atoms with Crippen LogP contribution in [-0.4, -0.2) is 33.0 Å². The Balaban J connectivity index is 0.000000182. The third-order valence-corrected chi connectivity index (χ3v) is 22.8. The second-order valence-electron chi connectivity index (χ2n) is 29.4. The van der Waals surface area contributed by atoms with E-state index < -0.39 is 34.9 Å². The van der Waals surface area contributed by atoms with Gasteiger partial charge in [0.15, 0.2) is 34.6 Å². The van der Waals surface area contributed by atoms with Gasteiger partial charge in [-0.2, -0.15) is 22.0 Å². The number of halogens is 6. The molecule has 0 radical (unpaired) electrons. The molecule has 0 unspecified atom stereocenters. The van der Waals surface area contributed by atoms with E-state index in [0.29, 0.717) is 61.9 Å². The fraction of sp³-hybridized carbons (Fsp3) is 0.690. The number of hydrogen-bond donors (Lipinski definition) is 0. The molecule has 6 aliphatic carbocycles. The Morgan fingerprint density at radius 3 is 1.02 bits per heavy atom. The van der Waals surface area contributed by atoms with Gasteiger partial charge >= 0.3 is 0 Å². The molecule has 532 valence electrons. The van der Waals surface area contributed by atoms with E-state index in [0.717, 1.165) is 91.8 Å². The molecule has 0 bridgehead atoms. The van der Waals surface area contributed by atoms with Gasteiger partial charge in [-0.25, -0.2) is 4.39 Å². The second kappa shape index (κ2) is 42.2. The van der Waals surface area contributed by atoms with Gasteiger partial charge in [0.2, 0.25) is 29.1 Å². The van der Waals surface area contributed by atoms with Crippen LogP contribution in [0.25, 0.3) is 11.1 Å². The Labute approximate surface area is 571 Å². The van der Waals surface area contributed by atoms with Crippen molar-refractivity contribution in [1.82, 2.24) is 0 Å². The fourth-order valence-electron chi connectivity index (χ4n) is 17.0. The van der Waals surface area contributed by atoms with Gasteiger partial charge < -0.3 is 23.7 Å². The van der Waals surface area contributed by atoms with E-state index in [1.807, 2.05) is 19.1 Å². The maximum Gasteiger partial charge on any atom is 0.204 e. The summed E-state index contributed by atoms with van der Waals surface area (Å²) in [6, 6.07) is 17.0. The van der Waals surface area contributed by atoms with Gasteiger partial charge in [-0.05, 0) is 254 Å². The predicted molar refractivity (Wildman–Crippen MR) is 380 cm³/mol. The highest BCUT2D eigenvalue weighted by molar-refractivity contribution is 5.65. The summed E-state index contributed by atoms with van der Waals surface area (Å²) >= 11 is 0. The summed E-state index contributed by atoms with van der Waals surface area (Å²) in [4.78, 5) is 0. The van der Waals surface area contributed by atoms with Crippen LogP contribution < -0.4 is 23.7 Å². The molecule has 95 heavy (non-hydrogen) atoms. The predicted octanol–water partition coefficient (Wildman–Crippen LogP) is 26.0. The number of allylic oxidation sites excluding steroid dienone is 1. The zero-order chi connectivity index (χ0) is 67.9. The average molecular weight is 1330 g/mol.